The number of alkyl halides is 1. The molecule has 2 aliphatic heterocycles. The number of thioether (sulfide) groups is 1. The van der Waals surface area contributed by atoms with Gasteiger partial charge in [-0.05, 0) is 18.1 Å². The van der Waals surface area contributed by atoms with Gasteiger partial charge in [0.15, 0.2) is 0 Å². The lowest BCUT2D eigenvalue weighted by atomic mass is 10.1. The zero-order valence-corrected chi connectivity index (χ0v) is 11.9. The Morgan fingerprint density at radius 1 is 1.39 bits per heavy atom. The van der Waals surface area contributed by atoms with Crippen molar-refractivity contribution in [2.24, 2.45) is 0 Å². The van der Waals surface area contributed by atoms with Crippen LogP contribution in [0.25, 0.3) is 0 Å². The normalized spacial score (nSPS) is 28.3. The van der Waals surface area contributed by atoms with Gasteiger partial charge in [0.1, 0.15) is 0 Å². The summed E-state index contributed by atoms with van der Waals surface area (Å²) in [5.41, 5.74) is 1.50. The molecule has 98 valence electrons. The third kappa shape index (κ3) is 2.69. The van der Waals surface area contributed by atoms with Gasteiger partial charge in [0.2, 0.25) is 0 Å². The van der Waals surface area contributed by atoms with E-state index in [1.54, 1.807) is 0 Å². The molecule has 0 radical (unpaired) electrons. The van der Waals surface area contributed by atoms with Crippen molar-refractivity contribution < 1.29 is 4.74 Å². The van der Waals surface area contributed by atoms with Gasteiger partial charge >= 0.3 is 0 Å². The molecule has 2 nitrogen and oxygen atoms in total. The molecule has 1 fully saturated rings. The Labute approximate surface area is 118 Å². The maximum absolute atomic E-state index is 6.02. The number of hydrogen-bond acceptors (Lipinski definition) is 3. The van der Waals surface area contributed by atoms with Gasteiger partial charge in [0.05, 0.1) is 13.2 Å². The molecule has 2 heterocycles. The number of halogens is 1. The van der Waals surface area contributed by atoms with E-state index >= 15 is 0 Å². The summed E-state index contributed by atoms with van der Waals surface area (Å²) < 4.78 is 5.50. The third-order valence-electron chi connectivity index (χ3n) is 3.68. The number of rotatable bonds is 3. The van der Waals surface area contributed by atoms with Crippen molar-refractivity contribution in [3.05, 3.63) is 29.8 Å². The Bertz CT molecular complexity index is 390. The summed E-state index contributed by atoms with van der Waals surface area (Å²) >= 11 is 8.04. The molecule has 18 heavy (non-hydrogen) atoms. The van der Waals surface area contributed by atoms with E-state index in [9.17, 15) is 0 Å². The summed E-state index contributed by atoms with van der Waals surface area (Å²) in [6.45, 7) is 3.77. The molecular weight excluding hydrogens is 266 g/mol. The van der Waals surface area contributed by atoms with Gasteiger partial charge in [-0.2, -0.15) is 0 Å². The molecule has 1 aromatic carbocycles. The van der Waals surface area contributed by atoms with Crippen LogP contribution in [0, 0.1) is 0 Å². The van der Waals surface area contributed by atoms with Crippen molar-refractivity contribution in [2.45, 2.75) is 22.6 Å². The number of fused-ring (bicyclic) bond motifs is 1. The smallest absolute Gasteiger partial charge is 0.0634 e. The number of hydrogen-bond donors (Lipinski definition) is 0. The average Bonchev–Trinajstić information content (AvgIpc) is 2.81. The van der Waals surface area contributed by atoms with Crippen LogP contribution in [-0.4, -0.2) is 48.4 Å². The minimum absolute atomic E-state index is 0.393. The van der Waals surface area contributed by atoms with Crippen LogP contribution in [0.15, 0.2) is 29.2 Å². The van der Waals surface area contributed by atoms with Gasteiger partial charge in [-0.3, -0.25) is 4.90 Å². The van der Waals surface area contributed by atoms with E-state index in [0.29, 0.717) is 17.2 Å². The fraction of sp³-hybridized carbons (Fsp3) is 0.571. The predicted octanol–water partition coefficient (Wildman–Crippen LogP) is 2.64. The van der Waals surface area contributed by atoms with E-state index < -0.39 is 0 Å². The second kappa shape index (κ2) is 5.83. The predicted molar refractivity (Wildman–Crippen MR) is 76.7 cm³/mol. The lowest BCUT2D eigenvalue weighted by Crippen LogP contribution is -2.48. The molecule has 0 spiro atoms. The molecule has 0 N–H and O–H groups in total. The van der Waals surface area contributed by atoms with Crippen molar-refractivity contribution in [1.29, 1.82) is 0 Å². The molecular formula is C14H18ClNOS. The first-order valence-electron chi connectivity index (χ1n) is 6.49. The minimum atomic E-state index is 0.393. The number of morpholine rings is 1. The van der Waals surface area contributed by atoms with Gasteiger partial charge < -0.3 is 4.74 Å². The standard InChI is InChI=1S/C14H18ClNOS/c15-8-12-10-17-6-5-16(12)9-13-7-11-3-1-2-4-14(11)18-13/h1-4,12-13H,5-10H2. The van der Waals surface area contributed by atoms with Gasteiger partial charge in [-0.25, -0.2) is 0 Å². The molecule has 2 atom stereocenters. The van der Waals surface area contributed by atoms with Crippen molar-refractivity contribution >= 4 is 23.4 Å². The zero-order valence-electron chi connectivity index (χ0n) is 10.3. The summed E-state index contributed by atoms with van der Waals surface area (Å²) in [4.78, 5) is 3.96. The average molecular weight is 284 g/mol. The van der Waals surface area contributed by atoms with E-state index in [0.717, 1.165) is 26.3 Å². The number of benzene rings is 1. The summed E-state index contributed by atoms with van der Waals surface area (Å²) in [5.74, 6) is 0.671. The molecule has 0 aromatic heterocycles. The highest BCUT2D eigenvalue weighted by atomic mass is 35.5. The fourth-order valence-electron chi connectivity index (χ4n) is 2.69. The lowest BCUT2D eigenvalue weighted by Gasteiger charge is -2.35. The monoisotopic (exact) mass is 283 g/mol. The molecule has 0 bridgehead atoms. The van der Waals surface area contributed by atoms with Crippen LogP contribution in [0.3, 0.4) is 0 Å². The van der Waals surface area contributed by atoms with Crippen LogP contribution in [0.2, 0.25) is 0 Å². The van der Waals surface area contributed by atoms with E-state index in [1.165, 1.54) is 16.9 Å². The Kier molecular flexibility index (Phi) is 4.14. The van der Waals surface area contributed by atoms with E-state index in [1.807, 2.05) is 11.8 Å². The summed E-state index contributed by atoms with van der Waals surface area (Å²) in [6, 6.07) is 9.14. The van der Waals surface area contributed by atoms with Crippen molar-refractivity contribution in [2.75, 3.05) is 32.2 Å². The molecule has 0 amide bonds. The van der Waals surface area contributed by atoms with E-state index in [4.69, 9.17) is 16.3 Å². The van der Waals surface area contributed by atoms with Gasteiger partial charge in [-0.15, -0.1) is 23.4 Å². The molecule has 1 aromatic rings. The quantitative estimate of drug-likeness (QED) is 0.792. The van der Waals surface area contributed by atoms with Crippen LogP contribution < -0.4 is 0 Å². The summed E-state index contributed by atoms with van der Waals surface area (Å²) in [6.07, 6.45) is 1.19. The molecule has 2 aliphatic rings. The Balaban J connectivity index is 1.61. The highest BCUT2D eigenvalue weighted by molar-refractivity contribution is 8.00. The van der Waals surface area contributed by atoms with Gasteiger partial charge in [0, 0.05) is 35.2 Å². The highest BCUT2D eigenvalue weighted by Gasteiger charge is 2.28. The topological polar surface area (TPSA) is 12.5 Å². The van der Waals surface area contributed by atoms with Crippen molar-refractivity contribution in [1.82, 2.24) is 4.90 Å². The van der Waals surface area contributed by atoms with Crippen LogP contribution in [-0.2, 0) is 11.2 Å². The van der Waals surface area contributed by atoms with Crippen molar-refractivity contribution in [3.63, 3.8) is 0 Å². The second-order valence-corrected chi connectivity index (χ2v) is 6.58. The number of nitrogens with zero attached hydrogens (tertiary/aromatic N) is 1. The first kappa shape index (κ1) is 12.8. The minimum Gasteiger partial charge on any atom is -0.378 e. The maximum Gasteiger partial charge on any atom is 0.0634 e. The van der Waals surface area contributed by atoms with Gasteiger partial charge in [0.25, 0.3) is 0 Å². The first-order valence-corrected chi connectivity index (χ1v) is 7.90. The molecule has 3 rings (SSSR count). The molecule has 0 saturated carbocycles. The highest BCUT2D eigenvalue weighted by Crippen LogP contribution is 2.37. The molecule has 4 heteroatoms. The maximum atomic E-state index is 6.02. The van der Waals surface area contributed by atoms with E-state index in [2.05, 4.69) is 29.2 Å². The zero-order chi connectivity index (χ0) is 12.4. The molecule has 1 saturated heterocycles. The molecule has 0 aliphatic carbocycles. The Hall–Kier alpha value is -0.220. The van der Waals surface area contributed by atoms with E-state index in [-0.39, 0.29) is 0 Å². The molecule has 2 unspecified atom stereocenters. The SMILES string of the molecule is ClCC1COCCN1CC1Cc2ccccc2S1. The second-order valence-electron chi connectivity index (χ2n) is 4.93. The first-order chi connectivity index (χ1) is 8.86. The van der Waals surface area contributed by atoms with Crippen molar-refractivity contribution in [3.8, 4) is 0 Å². The van der Waals surface area contributed by atoms with Crippen LogP contribution in [0.4, 0.5) is 0 Å². The van der Waals surface area contributed by atoms with Crippen LogP contribution in [0.5, 0.6) is 0 Å². The van der Waals surface area contributed by atoms with Gasteiger partial charge in [-0.1, -0.05) is 18.2 Å². The third-order valence-corrected chi connectivity index (χ3v) is 5.34. The summed E-state index contributed by atoms with van der Waals surface area (Å²) in [7, 11) is 0. The lowest BCUT2D eigenvalue weighted by molar-refractivity contribution is 0.00152. The summed E-state index contributed by atoms with van der Waals surface area (Å²) in [5, 5.41) is 0.672. The Morgan fingerprint density at radius 3 is 3.11 bits per heavy atom. The fourth-order valence-corrected chi connectivity index (χ4v) is 4.32. The van der Waals surface area contributed by atoms with Crippen LogP contribution >= 0.6 is 23.4 Å². The largest absolute Gasteiger partial charge is 0.378 e. The van der Waals surface area contributed by atoms with Crippen LogP contribution in [0.1, 0.15) is 5.56 Å². The number of ether oxygens (including phenoxy) is 1. The Morgan fingerprint density at radius 2 is 2.28 bits per heavy atom.